The van der Waals surface area contributed by atoms with E-state index in [0.29, 0.717) is 5.52 Å². The van der Waals surface area contributed by atoms with Gasteiger partial charge in [-0.2, -0.15) is 13.0 Å². The Morgan fingerprint density at radius 3 is 2.85 bits per heavy atom. The molecule has 4 atom stereocenters. The van der Waals surface area contributed by atoms with E-state index in [2.05, 4.69) is 20.3 Å². The lowest BCUT2D eigenvalue weighted by Crippen LogP contribution is -2.50. The molecule has 3 heterocycles. The van der Waals surface area contributed by atoms with Gasteiger partial charge in [-0.25, -0.2) is 10.3 Å². The highest BCUT2D eigenvalue weighted by molar-refractivity contribution is 7.86. The summed E-state index contributed by atoms with van der Waals surface area (Å²) >= 11 is 6.38. The molecule has 2 aromatic rings. The molecule has 0 spiro atoms. The second-order valence-corrected chi connectivity index (χ2v) is 7.84. The van der Waals surface area contributed by atoms with Gasteiger partial charge in [-0.3, -0.25) is 8.98 Å². The van der Waals surface area contributed by atoms with Crippen LogP contribution in [0.3, 0.4) is 0 Å². The maximum Gasteiger partial charge on any atom is 0.404 e. The highest BCUT2D eigenvalue weighted by Crippen LogP contribution is 2.31. The monoisotopic (exact) mass is 422 g/mol. The van der Waals surface area contributed by atoms with E-state index < -0.39 is 47.2 Å². The Hall–Kier alpha value is -1.90. The molecule has 1 aliphatic rings. The van der Waals surface area contributed by atoms with Crippen molar-refractivity contribution < 1.29 is 36.9 Å². The number of nitrogens with one attached hydrogen (secondary N) is 2. The number of rotatable bonds is 5. The summed E-state index contributed by atoms with van der Waals surface area (Å²) in [5, 5.41) is 22.5. The lowest BCUT2D eigenvalue weighted by molar-refractivity contribution is -0.752. The van der Waals surface area contributed by atoms with Gasteiger partial charge in [-0.05, 0) is 16.6 Å². The number of hydrogen-bond donors (Lipinski definition) is 4. The number of fused-ring (bicyclic) bond motifs is 1. The summed E-state index contributed by atoms with van der Waals surface area (Å²) < 4.78 is 34.5. The molecule has 1 saturated heterocycles. The van der Waals surface area contributed by atoms with Crippen molar-refractivity contribution in [2.75, 3.05) is 18.2 Å². The van der Waals surface area contributed by atoms with Gasteiger partial charge < -0.3 is 19.9 Å². The van der Waals surface area contributed by atoms with E-state index in [1.165, 1.54) is 13.3 Å². The second-order valence-electron chi connectivity index (χ2n) is 5.88. The zero-order valence-corrected chi connectivity index (χ0v) is 15.7. The Bertz CT molecular complexity index is 981. The van der Waals surface area contributed by atoms with Crippen molar-refractivity contribution >= 4 is 44.7 Å². The van der Waals surface area contributed by atoms with Gasteiger partial charge in [0.15, 0.2) is 5.52 Å². The van der Waals surface area contributed by atoms with Crippen LogP contribution in [0.4, 0.5) is 5.95 Å². The van der Waals surface area contributed by atoms with Crippen LogP contribution in [-0.4, -0.2) is 70.7 Å². The van der Waals surface area contributed by atoms with Crippen molar-refractivity contribution in [3.05, 3.63) is 11.5 Å². The Labute approximate surface area is 158 Å². The SMILES string of the molecule is CC(=O)Nc1nc2nc[nH]c2c(Cl)[n+]1[C@@H]1O[C@H](CO)[C@H](OS(C)(=O)=O)[C@H]1O. The third kappa shape index (κ3) is 3.88. The molecule has 0 saturated carbocycles. The zero-order chi connectivity index (χ0) is 19.9. The van der Waals surface area contributed by atoms with Crippen LogP contribution in [-0.2, 0) is 23.8 Å². The molecule has 3 rings (SSSR count). The largest absolute Gasteiger partial charge is 0.404 e. The predicted octanol–water partition coefficient (Wildman–Crippen LogP) is -1.55. The first-order valence-corrected chi connectivity index (χ1v) is 9.86. The van der Waals surface area contributed by atoms with Crippen LogP contribution in [0.1, 0.15) is 13.2 Å². The number of imidazole rings is 1. The van der Waals surface area contributed by atoms with Crippen LogP contribution >= 0.6 is 11.6 Å². The van der Waals surface area contributed by atoms with Crippen molar-refractivity contribution in [2.45, 2.75) is 31.5 Å². The lowest BCUT2D eigenvalue weighted by atomic mass is 10.1. The first-order valence-electron chi connectivity index (χ1n) is 7.66. The number of anilines is 1. The number of aromatic amines is 1. The number of H-pyrrole nitrogens is 1. The molecule has 14 heteroatoms. The molecule has 12 nitrogen and oxygen atoms in total. The topological polar surface area (TPSA) is 168 Å². The van der Waals surface area contributed by atoms with Gasteiger partial charge in [0.2, 0.25) is 11.4 Å². The second kappa shape index (κ2) is 7.26. The first kappa shape index (κ1) is 19.9. The van der Waals surface area contributed by atoms with E-state index in [4.69, 9.17) is 20.5 Å². The van der Waals surface area contributed by atoms with Crippen LogP contribution in [0.25, 0.3) is 11.2 Å². The molecule has 0 aliphatic carbocycles. The molecule has 1 fully saturated rings. The average Bonchev–Trinajstić information content (AvgIpc) is 3.12. The Morgan fingerprint density at radius 1 is 1.56 bits per heavy atom. The minimum absolute atomic E-state index is 0.0120. The molecule has 4 N–H and O–H groups in total. The molecule has 1 amide bonds. The van der Waals surface area contributed by atoms with Crippen LogP contribution in [0.15, 0.2) is 6.33 Å². The number of ether oxygens (including phenoxy) is 1. The van der Waals surface area contributed by atoms with Crippen LogP contribution < -0.4 is 9.88 Å². The summed E-state index contributed by atoms with van der Waals surface area (Å²) in [6.45, 7) is 0.619. The number of carbonyl (C=O) groups excluding carboxylic acids is 1. The Balaban J connectivity index is 2.10. The lowest BCUT2D eigenvalue weighted by Gasteiger charge is -2.18. The van der Waals surface area contributed by atoms with Crippen molar-refractivity contribution in [2.24, 2.45) is 0 Å². The van der Waals surface area contributed by atoms with Gasteiger partial charge in [0.1, 0.15) is 18.3 Å². The molecule has 1 aliphatic heterocycles. The van der Waals surface area contributed by atoms with Crippen molar-refractivity contribution in [1.29, 1.82) is 0 Å². The van der Waals surface area contributed by atoms with Gasteiger partial charge in [0.25, 0.3) is 21.7 Å². The Morgan fingerprint density at radius 2 is 2.26 bits per heavy atom. The maximum atomic E-state index is 11.5. The molecule has 0 aromatic carbocycles. The fourth-order valence-electron chi connectivity index (χ4n) is 2.77. The summed E-state index contributed by atoms with van der Waals surface area (Å²) in [5.74, 6) is -0.565. The van der Waals surface area contributed by atoms with Crippen LogP contribution in [0.2, 0.25) is 5.15 Å². The molecule has 0 unspecified atom stereocenters. The standard InChI is InChI=1S/C13H16ClN5O7S/c1-5(21)17-13-18-11-7(15-4-16-11)10(14)19(13)12-8(22)9(6(3-20)25-12)26-27(2,23)24/h4,6,8-9,12,20,22H,3H2,1-2H3,(H,15,16,17,18,21)/p+1/t6-,8-,9+,12-/m1/s1. The van der Waals surface area contributed by atoms with Crippen LogP contribution in [0.5, 0.6) is 0 Å². The quantitative estimate of drug-likeness (QED) is 0.253. The first-order chi connectivity index (χ1) is 12.6. The number of nitrogens with zero attached hydrogens (tertiary/aromatic N) is 3. The zero-order valence-electron chi connectivity index (χ0n) is 14.2. The summed E-state index contributed by atoms with van der Waals surface area (Å²) in [6.07, 6.45) is -3.25. The highest BCUT2D eigenvalue weighted by atomic mass is 35.5. The summed E-state index contributed by atoms with van der Waals surface area (Å²) in [6, 6.07) is 0. The molecular formula is C13H17ClN5O7S+. The minimum atomic E-state index is -3.95. The van der Waals surface area contributed by atoms with Gasteiger partial charge in [-0.1, -0.05) is 0 Å². The van der Waals surface area contributed by atoms with E-state index in [1.807, 2.05) is 0 Å². The number of amides is 1. The van der Waals surface area contributed by atoms with E-state index in [0.717, 1.165) is 10.8 Å². The smallest absolute Gasteiger partial charge is 0.394 e. The number of aliphatic hydroxyl groups excluding tert-OH is 2. The number of aliphatic hydroxyl groups is 2. The van der Waals surface area contributed by atoms with E-state index in [-0.39, 0.29) is 16.7 Å². The van der Waals surface area contributed by atoms with Crippen LogP contribution in [0, 0.1) is 0 Å². The molecule has 27 heavy (non-hydrogen) atoms. The maximum absolute atomic E-state index is 11.5. The van der Waals surface area contributed by atoms with Gasteiger partial charge in [0, 0.05) is 6.92 Å². The molecule has 148 valence electrons. The number of halogens is 1. The molecular weight excluding hydrogens is 406 g/mol. The third-order valence-corrected chi connectivity index (χ3v) is 4.74. The van der Waals surface area contributed by atoms with Crippen molar-refractivity contribution in [1.82, 2.24) is 15.0 Å². The fraction of sp³-hybridized carbons (Fsp3) is 0.538. The molecule has 0 radical (unpaired) electrons. The number of aromatic nitrogens is 4. The van der Waals surface area contributed by atoms with E-state index in [9.17, 15) is 23.4 Å². The number of hydrogen-bond acceptors (Lipinski definition) is 9. The molecule has 2 aromatic heterocycles. The summed E-state index contributed by atoms with van der Waals surface area (Å²) in [5.41, 5.74) is 0.504. The highest BCUT2D eigenvalue weighted by Gasteiger charge is 2.50. The van der Waals surface area contributed by atoms with Gasteiger partial charge in [-0.15, -0.1) is 0 Å². The minimum Gasteiger partial charge on any atom is -0.394 e. The Kier molecular flexibility index (Phi) is 5.33. The average molecular weight is 423 g/mol. The van der Waals surface area contributed by atoms with E-state index >= 15 is 0 Å². The third-order valence-electron chi connectivity index (χ3n) is 3.79. The van der Waals surface area contributed by atoms with E-state index in [1.54, 1.807) is 0 Å². The predicted molar refractivity (Wildman–Crippen MR) is 90.1 cm³/mol. The summed E-state index contributed by atoms with van der Waals surface area (Å²) in [7, 11) is -3.95. The normalized spacial score (nSPS) is 25.8. The van der Waals surface area contributed by atoms with Gasteiger partial charge >= 0.3 is 5.95 Å². The van der Waals surface area contributed by atoms with Crippen molar-refractivity contribution in [3.63, 3.8) is 0 Å². The van der Waals surface area contributed by atoms with Gasteiger partial charge in [0.05, 0.1) is 19.2 Å². The summed E-state index contributed by atoms with van der Waals surface area (Å²) in [4.78, 5) is 22.4. The van der Waals surface area contributed by atoms with Crippen molar-refractivity contribution in [3.8, 4) is 0 Å². The fourth-order valence-corrected chi connectivity index (χ4v) is 3.73. The molecule has 0 bridgehead atoms. The number of carbonyl (C=O) groups is 1.